The van der Waals surface area contributed by atoms with Crippen molar-refractivity contribution < 1.29 is 9.53 Å². The summed E-state index contributed by atoms with van der Waals surface area (Å²) in [5, 5.41) is 7.64. The number of fused-ring (bicyclic) bond motifs is 1. The predicted molar refractivity (Wildman–Crippen MR) is 134 cm³/mol. The molecule has 1 amide bonds. The van der Waals surface area contributed by atoms with Crippen molar-refractivity contribution in [1.29, 1.82) is 0 Å². The number of H-pyrrole nitrogens is 1. The maximum absolute atomic E-state index is 12.9. The molecule has 2 aliphatic rings. The van der Waals surface area contributed by atoms with Crippen molar-refractivity contribution in [2.45, 2.75) is 6.54 Å². The molecular weight excluding hydrogens is 461 g/mol. The second-order valence-corrected chi connectivity index (χ2v) is 8.97. The molecule has 33 heavy (non-hydrogen) atoms. The number of amides is 1. The zero-order valence-corrected chi connectivity index (χ0v) is 19.5. The quantitative estimate of drug-likeness (QED) is 0.482. The minimum atomic E-state index is -0.189. The van der Waals surface area contributed by atoms with Crippen LogP contribution in [0.1, 0.15) is 16.1 Å². The van der Waals surface area contributed by atoms with Gasteiger partial charge in [-0.25, -0.2) is 0 Å². The average Bonchev–Trinajstić information content (AvgIpc) is 3.28. The van der Waals surface area contributed by atoms with Gasteiger partial charge in [-0.3, -0.25) is 4.79 Å². The van der Waals surface area contributed by atoms with Crippen LogP contribution < -0.4 is 20.4 Å². The summed E-state index contributed by atoms with van der Waals surface area (Å²) in [7, 11) is 0. The monoisotopic (exact) mass is 485 g/mol. The second-order valence-electron chi connectivity index (χ2n) is 8.13. The van der Waals surface area contributed by atoms with Crippen molar-refractivity contribution in [3.05, 3.63) is 69.8 Å². The minimum Gasteiger partial charge on any atom is -0.378 e. The molecule has 5 rings (SSSR count). The summed E-state index contributed by atoms with van der Waals surface area (Å²) in [4.78, 5) is 20.6. The lowest BCUT2D eigenvalue weighted by molar-refractivity contribution is 0.102. The van der Waals surface area contributed by atoms with Gasteiger partial charge in [0.25, 0.3) is 5.91 Å². The highest BCUT2D eigenvalue weighted by Crippen LogP contribution is 2.33. The molecule has 2 aromatic carbocycles. The van der Waals surface area contributed by atoms with E-state index in [-0.39, 0.29) is 5.91 Å². The third kappa shape index (κ3) is 4.90. The number of halogens is 2. The maximum atomic E-state index is 12.9. The van der Waals surface area contributed by atoms with Crippen LogP contribution in [0.2, 0.25) is 10.0 Å². The van der Waals surface area contributed by atoms with E-state index in [9.17, 15) is 4.79 Å². The standard InChI is InChI=1S/C24H25Cl2N5O2/c25-17-1-6-20(26)16(13-17)15-31-8-7-27-23-22(31)14-21(29-23)24(32)28-18-2-4-19(5-3-18)30-9-11-33-12-10-30/h1-6,13-14,27,29H,7-12,15H2,(H,28,32). The first-order chi connectivity index (χ1) is 16.1. The summed E-state index contributed by atoms with van der Waals surface area (Å²) in [6, 6.07) is 15.3. The molecule has 7 nitrogen and oxygen atoms in total. The van der Waals surface area contributed by atoms with E-state index in [1.54, 1.807) is 6.07 Å². The Hall–Kier alpha value is -2.87. The Morgan fingerprint density at radius 3 is 2.61 bits per heavy atom. The Kier molecular flexibility index (Phi) is 6.35. The molecule has 2 aliphatic heterocycles. The maximum Gasteiger partial charge on any atom is 0.272 e. The molecule has 0 atom stereocenters. The van der Waals surface area contributed by atoms with Crippen molar-refractivity contribution in [2.75, 3.05) is 59.8 Å². The first kappa shape index (κ1) is 21.9. The van der Waals surface area contributed by atoms with Gasteiger partial charge in [-0.05, 0) is 54.1 Å². The lowest BCUT2D eigenvalue weighted by Crippen LogP contribution is -2.36. The van der Waals surface area contributed by atoms with Crippen LogP contribution in [0.5, 0.6) is 0 Å². The van der Waals surface area contributed by atoms with Crippen molar-refractivity contribution in [2.24, 2.45) is 0 Å². The molecule has 3 N–H and O–H groups in total. The summed E-state index contributed by atoms with van der Waals surface area (Å²) in [6.07, 6.45) is 0. The Bertz CT molecular complexity index is 1140. The SMILES string of the molecule is O=C(Nc1ccc(N2CCOCC2)cc1)c1cc2c([nH]1)NCCN2Cc1cc(Cl)ccc1Cl. The molecule has 0 unspecified atom stereocenters. The first-order valence-corrected chi connectivity index (χ1v) is 11.7. The van der Waals surface area contributed by atoms with Gasteiger partial charge in [-0.15, -0.1) is 0 Å². The molecule has 3 heterocycles. The van der Waals surface area contributed by atoms with Crippen LogP contribution in [0.4, 0.5) is 22.9 Å². The van der Waals surface area contributed by atoms with Gasteiger partial charge in [0.15, 0.2) is 0 Å². The van der Waals surface area contributed by atoms with Crippen molar-refractivity contribution in [3.63, 3.8) is 0 Å². The number of nitrogens with zero attached hydrogens (tertiary/aromatic N) is 2. The Morgan fingerprint density at radius 1 is 1.03 bits per heavy atom. The Morgan fingerprint density at radius 2 is 1.82 bits per heavy atom. The number of nitrogens with one attached hydrogen (secondary N) is 3. The normalized spacial score (nSPS) is 15.7. The minimum absolute atomic E-state index is 0.189. The predicted octanol–water partition coefficient (Wildman–Crippen LogP) is 4.84. The number of rotatable bonds is 5. The van der Waals surface area contributed by atoms with Crippen LogP contribution >= 0.6 is 23.2 Å². The van der Waals surface area contributed by atoms with E-state index >= 15 is 0 Å². The van der Waals surface area contributed by atoms with E-state index in [0.29, 0.717) is 22.3 Å². The van der Waals surface area contributed by atoms with Crippen LogP contribution in [-0.2, 0) is 11.3 Å². The van der Waals surface area contributed by atoms with Gasteiger partial charge in [-0.1, -0.05) is 23.2 Å². The Labute approximate surface area is 202 Å². The molecular formula is C24H25Cl2N5O2. The van der Waals surface area contributed by atoms with Gasteiger partial charge in [0.1, 0.15) is 11.5 Å². The number of hydrogen-bond acceptors (Lipinski definition) is 5. The number of aromatic nitrogens is 1. The third-order valence-electron chi connectivity index (χ3n) is 5.94. The van der Waals surface area contributed by atoms with E-state index in [0.717, 1.165) is 67.8 Å². The first-order valence-electron chi connectivity index (χ1n) is 11.0. The van der Waals surface area contributed by atoms with E-state index in [2.05, 4.69) is 25.4 Å². The molecule has 1 saturated heterocycles. The van der Waals surface area contributed by atoms with Gasteiger partial charge < -0.3 is 30.2 Å². The number of ether oxygens (including phenoxy) is 1. The third-order valence-corrected chi connectivity index (χ3v) is 6.54. The molecule has 0 aliphatic carbocycles. The number of anilines is 4. The number of morpholine rings is 1. The number of aromatic amines is 1. The summed E-state index contributed by atoms with van der Waals surface area (Å²) >= 11 is 12.5. The second kappa shape index (κ2) is 9.55. The summed E-state index contributed by atoms with van der Waals surface area (Å²) in [5.74, 6) is 0.637. The van der Waals surface area contributed by atoms with Gasteiger partial charge in [0, 0.05) is 54.1 Å². The van der Waals surface area contributed by atoms with Gasteiger partial charge in [0.2, 0.25) is 0 Å². The fourth-order valence-corrected chi connectivity index (χ4v) is 4.57. The molecule has 1 fully saturated rings. The van der Waals surface area contributed by atoms with E-state index in [4.69, 9.17) is 27.9 Å². The van der Waals surface area contributed by atoms with Crippen LogP contribution in [0.15, 0.2) is 48.5 Å². The molecule has 1 aromatic heterocycles. The Balaban J connectivity index is 1.28. The number of carbonyl (C=O) groups excluding carboxylic acids is 1. The smallest absolute Gasteiger partial charge is 0.272 e. The molecule has 9 heteroatoms. The van der Waals surface area contributed by atoms with Gasteiger partial charge in [-0.2, -0.15) is 0 Å². The highest BCUT2D eigenvalue weighted by Gasteiger charge is 2.23. The zero-order valence-electron chi connectivity index (χ0n) is 18.0. The zero-order chi connectivity index (χ0) is 22.8. The van der Waals surface area contributed by atoms with Gasteiger partial charge >= 0.3 is 0 Å². The number of carbonyl (C=O) groups is 1. The summed E-state index contributed by atoms with van der Waals surface area (Å²) in [6.45, 7) is 5.39. The van der Waals surface area contributed by atoms with Gasteiger partial charge in [0.05, 0.1) is 18.9 Å². The lowest BCUT2D eigenvalue weighted by atomic mass is 10.2. The molecule has 0 bridgehead atoms. The van der Waals surface area contributed by atoms with Crippen molar-refractivity contribution in [1.82, 2.24) is 4.98 Å². The van der Waals surface area contributed by atoms with E-state index < -0.39 is 0 Å². The largest absolute Gasteiger partial charge is 0.378 e. The fraction of sp³-hybridized carbons (Fsp3) is 0.292. The van der Waals surface area contributed by atoms with E-state index in [1.807, 2.05) is 42.5 Å². The van der Waals surface area contributed by atoms with Crippen LogP contribution in [-0.4, -0.2) is 50.3 Å². The molecule has 0 radical (unpaired) electrons. The molecule has 0 spiro atoms. The van der Waals surface area contributed by atoms with Crippen LogP contribution in [0, 0.1) is 0 Å². The molecule has 0 saturated carbocycles. The van der Waals surface area contributed by atoms with Crippen LogP contribution in [0.25, 0.3) is 0 Å². The van der Waals surface area contributed by atoms with Crippen LogP contribution in [0.3, 0.4) is 0 Å². The highest BCUT2D eigenvalue weighted by molar-refractivity contribution is 6.33. The van der Waals surface area contributed by atoms with E-state index in [1.165, 1.54) is 0 Å². The molecule has 3 aromatic rings. The summed E-state index contributed by atoms with van der Waals surface area (Å²) < 4.78 is 5.41. The van der Waals surface area contributed by atoms with Crippen molar-refractivity contribution in [3.8, 4) is 0 Å². The molecule has 172 valence electrons. The fourth-order valence-electron chi connectivity index (χ4n) is 4.20. The lowest BCUT2D eigenvalue weighted by Gasteiger charge is -2.30. The summed E-state index contributed by atoms with van der Waals surface area (Å²) in [5.41, 5.74) is 4.26. The number of benzene rings is 2. The average molecular weight is 486 g/mol. The number of hydrogen-bond donors (Lipinski definition) is 3. The topological polar surface area (TPSA) is 72.6 Å². The highest BCUT2D eigenvalue weighted by atomic mass is 35.5. The van der Waals surface area contributed by atoms with Crippen molar-refractivity contribution >= 4 is 52.0 Å².